The van der Waals surface area contributed by atoms with Gasteiger partial charge in [-0.05, 0) is 76.5 Å². The number of esters is 1. The molecule has 0 aliphatic rings. The summed E-state index contributed by atoms with van der Waals surface area (Å²) < 4.78 is 5.08. The molecule has 0 amide bonds. The lowest BCUT2D eigenvalue weighted by atomic mass is 10.1. The summed E-state index contributed by atoms with van der Waals surface area (Å²) in [6.45, 7) is 12.7. The molecule has 0 heterocycles. The maximum atomic E-state index is 11.8. The Bertz CT molecular complexity index is 575. The Kier molecular flexibility index (Phi) is 13.0. The van der Waals surface area contributed by atoms with E-state index in [4.69, 9.17) is 10.00 Å². The first-order valence-electron chi connectivity index (χ1n) is 10.7. The number of carbonyl (C=O) groups is 1. The molecule has 1 aromatic rings. The summed E-state index contributed by atoms with van der Waals surface area (Å²) in [5, 5.41) is 8.95. The van der Waals surface area contributed by atoms with E-state index in [1.165, 1.54) is 37.9 Å². The molecule has 0 aliphatic heterocycles. The zero-order valence-electron chi connectivity index (χ0n) is 18.0. The fraction of sp³-hybridized carbons (Fsp3) is 0.652. The Morgan fingerprint density at radius 1 is 0.929 bits per heavy atom. The van der Waals surface area contributed by atoms with Crippen molar-refractivity contribution in [3.8, 4) is 6.07 Å². The van der Waals surface area contributed by atoms with Gasteiger partial charge in [-0.2, -0.15) is 5.26 Å². The lowest BCUT2D eigenvalue weighted by Gasteiger charge is -2.24. The van der Waals surface area contributed by atoms with Gasteiger partial charge < -0.3 is 9.64 Å². The molecule has 28 heavy (non-hydrogen) atoms. The first kappa shape index (κ1) is 24.1. The molecule has 0 atom stereocenters. The average Bonchev–Trinajstić information content (AvgIpc) is 2.70. The summed E-state index contributed by atoms with van der Waals surface area (Å²) in [5.74, 6) is -0.135. The van der Waals surface area contributed by atoms with Crippen LogP contribution in [0.1, 0.15) is 64.0 Å². The van der Waals surface area contributed by atoms with Gasteiger partial charge in [0.15, 0.2) is 0 Å². The van der Waals surface area contributed by atoms with Gasteiger partial charge >= 0.3 is 5.97 Å². The van der Waals surface area contributed by atoms with Crippen molar-refractivity contribution in [3.63, 3.8) is 0 Å². The Balaban J connectivity index is 2.53. The van der Waals surface area contributed by atoms with Gasteiger partial charge in [-0.15, -0.1) is 0 Å². The van der Waals surface area contributed by atoms with Gasteiger partial charge in [0.25, 0.3) is 0 Å². The average molecular weight is 388 g/mol. The maximum absolute atomic E-state index is 11.8. The van der Waals surface area contributed by atoms with Crippen molar-refractivity contribution in [2.45, 2.75) is 59.4 Å². The van der Waals surface area contributed by atoms with E-state index in [0.29, 0.717) is 25.1 Å². The smallest absolute Gasteiger partial charge is 0.307 e. The topological polar surface area (TPSA) is 56.6 Å². The van der Waals surface area contributed by atoms with Gasteiger partial charge in [-0.1, -0.05) is 26.0 Å². The number of nitriles is 1. The van der Waals surface area contributed by atoms with Crippen LogP contribution in [0, 0.1) is 11.3 Å². The molecule has 0 bridgehead atoms. The first-order valence-corrected chi connectivity index (χ1v) is 10.7. The van der Waals surface area contributed by atoms with Crippen LogP contribution in [-0.2, 0) is 16.1 Å². The van der Waals surface area contributed by atoms with E-state index in [1.807, 2.05) is 31.2 Å². The fourth-order valence-corrected chi connectivity index (χ4v) is 3.33. The van der Waals surface area contributed by atoms with Crippen molar-refractivity contribution in [1.29, 1.82) is 5.26 Å². The molecule has 0 saturated heterocycles. The van der Waals surface area contributed by atoms with E-state index in [0.717, 1.165) is 26.1 Å². The van der Waals surface area contributed by atoms with Crippen molar-refractivity contribution in [3.05, 3.63) is 35.4 Å². The fourth-order valence-electron chi connectivity index (χ4n) is 3.33. The zero-order valence-corrected chi connectivity index (χ0v) is 18.0. The summed E-state index contributed by atoms with van der Waals surface area (Å²) in [7, 11) is 0. The lowest BCUT2D eigenvalue weighted by molar-refractivity contribution is -0.143. The molecule has 5 heteroatoms. The van der Waals surface area contributed by atoms with Crippen molar-refractivity contribution in [1.82, 2.24) is 9.80 Å². The van der Waals surface area contributed by atoms with Crippen molar-refractivity contribution >= 4 is 5.97 Å². The van der Waals surface area contributed by atoms with Crippen LogP contribution in [0.15, 0.2) is 24.3 Å². The normalized spacial score (nSPS) is 11.0. The SMILES string of the molecule is CCCN(CCC)CCCCN(CCC(=O)OCC)Cc1ccc(C#N)cc1. The third-order valence-corrected chi connectivity index (χ3v) is 4.71. The standard InChI is InChI=1S/C23H37N3O2/c1-4-14-25(15-5-2)16-7-8-17-26(18-13-23(27)28-6-3)20-22-11-9-21(19-24)10-12-22/h9-12H,4-8,13-18,20H2,1-3H3. The van der Waals surface area contributed by atoms with E-state index in [1.54, 1.807) is 0 Å². The Hall–Kier alpha value is -1.90. The van der Waals surface area contributed by atoms with E-state index in [2.05, 4.69) is 29.7 Å². The molecule has 1 aromatic carbocycles. The second-order valence-electron chi connectivity index (χ2n) is 7.19. The molecule has 0 aromatic heterocycles. The summed E-state index contributed by atoms with van der Waals surface area (Å²) in [6.07, 6.45) is 5.10. The van der Waals surface area contributed by atoms with Crippen LogP contribution < -0.4 is 0 Å². The monoisotopic (exact) mass is 387 g/mol. The molecule has 0 saturated carbocycles. The molecule has 0 radical (unpaired) electrons. The molecule has 0 unspecified atom stereocenters. The highest BCUT2D eigenvalue weighted by molar-refractivity contribution is 5.69. The third kappa shape index (κ3) is 10.4. The van der Waals surface area contributed by atoms with Crippen LogP contribution >= 0.6 is 0 Å². The Morgan fingerprint density at radius 2 is 1.54 bits per heavy atom. The van der Waals surface area contributed by atoms with E-state index < -0.39 is 0 Å². The Labute approximate surface area is 171 Å². The van der Waals surface area contributed by atoms with E-state index in [-0.39, 0.29) is 5.97 Å². The second-order valence-corrected chi connectivity index (χ2v) is 7.19. The highest BCUT2D eigenvalue weighted by Crippen LogP contribution is 2.10. The van der Waals surface area contributed by atoms with Crippen LogP contribution in [0.25, 0.3) is 0 Å². The van der Waals surface area contributed by atoms with Crippen LogP contribution in [0.2, 0.25) is 0 Å². The quantitative estimate of drug-likeness (QED) is 0.333. The molecule has 0 aliphatic carbocycles. The van der Waals surface area contributed by atoms with Gasteiger partial charge in [-0.25, -0.2) is 0 Å². The van der Waals surface area contributed by atoms with Gasteiger partial charge in [0, 0.05) is 13.1 Å². The molecule has 1 rings (SSSR count). The van der Waals surface area contributed by atoms with Gasteiger partial charge in [0.05, 0.1) is 24.7 Å². The van der Waals surface area contributed by atoms with Crippen LogP contribution in [0.4, 0.5) is 0 Å². The number of ether oxygens (including phenoxy) is 1. The molecular weight excluding hydrogens is 350 g/mol. The molecule has 0 spiro atoms. The van der Waals surface area contributed by atoms with Crippen molar-refractivity contribution < 1.29 is 9.53 Å². The summed E-state index contributed by atoms with van der Waals surface area (Å²) >= 11 is 0. The number of rotatable bonds is 15. The Morgan fingerprint density at radius 3 is 2.07 bits per heavy atom. The van der Waals surface area contributed by atoms with Crippen LogP contribution in [0.3, 0.4) is 0 Å². The molecule has 156 valence electrons. The highest BCUT2D eigenvalue weighted by Gasteiger charge is 2.11. The number of carbonyl (C=O) groups excluding carboxylic acids is 1. The summed E-state index contributed by atoms with van der Waals surface area (Å²) in [4.78, 5) is 16.6. The number of hydrogen-bond donors (Lipinski definition) is 0. The van der Waals surface area contributed by atoms with E-state index >= 15 is 0 Å². The predicted molar refractivity (Wildman–Crippen MR) is 114 cm³/mol. The minimum atomic E-state index is -0.135. The van der Waals surface area contributed by atoms with Gasteiger partial charge in [-0.3, -0.25) is 9.69 Å². The number of unbranched alkanes of at least 4 members (excludes halogenated alkanes) is 1. The number of hydrogen-bond acceptors (Lipinski definition) is 5. The zero-order chi connectivity index (χ0) is 20.6. The molecule has 5 nitrogen and oxygen atoms in total. The maximum Gasteiger partial charge on any atom is 0.307 e. The third-order valence-electron chi connectivity index (χ3n) is 4.71. The first-order chi connectivity index (χ1) is 13.6. The molecule has 0 N–H and O–H groups in total. The minimum Gasteiger partial charge on any atom is -0.466 e. The second kappa shape index (κ2) is 15.1. The van der Waals surface area contributed by atoms with Gasteiger partial charge in [0.2, 0.25) is 0 Å². The van der Waals surface area contributed by atoms with Crippen molar-refractivity contribution in [2.75, 3.05) is 39.3 Å². The molecular formula is C23H37N3O2. The predicted octanol–water partition coefficient (Wildman–Crippen LogP) is 4.22. The van der Waals surface area contributed by atoms with Crippen molar-refractivity contribution in [2.24, 2.45) is 0 Å². The largest absolute Gasteiger partial charge is 0.466 e. The van der Waals surface area contributed by atoms with Crippen LogP contribution in [-0.4, -0.2) is 55.1 Å². The highest BCUT2D eigenvalue weighted by atomic mass is 16.5. The van der Waals surface area contributed by atoms with Gasteiger partial charge in [0.1, 0.15) is 0 Å². The van der Waals surface area contributed by atoms with Crippen LogP contribution in [0.5, 0.6) is 0 Å². The summed E-state index contributed by atoms with van der Waals surface area (Å²) in [5.41, 5.74) is 1.84. The lowest BCUT2D eigenvalue weighted by Crippen LogP contribution is -2.30. The summed E-state index contributed by atoms with van der Waals surface area (Å²) in [6, 6.07) is 9.86. The number of nitrogens with zero attached hydrogens (tertiary/aromatic N) is 3. The molecule has 0 fully saturated rings. The minimum absolute atomic E-state index is 0.135. The van der Waals surface area contributed by atoms with E-state index in [9.17, 15) is 4.79 Å². The number of benzene rings is 1.